The van der Waals surface area contributed by atoms with Crippen LogP contribution in [0.5, 0.6) is 0 Å². The average molecular weight is 225 g/mol. The van der Waals surface area contributed by atoms with Gasteiger partial charge in [0.1, 0.15) is 0 Å². The summed E-state index contributed by atoms with van der Waals surface area (Å²) in [5.74, 6) is 0. The molecule has 0 N–H and O–H groups in total. The van der Waals surface area contributed by atoms with Crippen LogP contribution in [0.15, 0.2) is 33.6 Å². The number of benzene rings is 1. The van der Waals surface area contributed by atoms with Crippen LogP contribution in [0.25, 0.3) is 0 Å². The van der Waals surface area contributed by atoms with E-state index >= 15 is 0 Å². The lowest BCUT2D eigenvalue weighted by Crippen LogP contribution is -1.97. The van der Waals surface area contributed by atoms with Crippen LogP contribution in [-0.4, -0.2) is 14.6 Å². The molecule has 0 fully saturated rings. The van der Waals surface area contributed by atoms with E-state index in [1.165, 1.54) is 6.21 Å². The zero-order valence-corrected chi connectivity index (χ0v) is 9.79. The van der Waals surface area contributed by atoms with Crippen LogP contribution in [-0.2, 0) is 10.0 Å². The molecule has 1 rings (SSSR count). The van der Waals surface area contributed by atoms with E-state index in [1.807, 2.05) is 13.8 Å². The van der Waals surface area contributed by atoms with Gasteiger partial charge in [-0.25, -0.2) is 0 Å². The Hall–Kier alpha value is -1.16. The van der Waals surface area contributed by atoms with Gasteiger partial charge in [-0.15, -0.1) is 0 Å². The summed E-state index contributed by atoms with van der Waals surface area (Å²) in [6.45, 7) is 3.89. The lowest BCUT2D eigenvalue weighted by Gasteiger charge is -1.98. The predicted molar refractivity (Wildman–Crippen MR) is 61.8 cm³/mol. The first-order valence-electron chi connectivity index (χ1n) is 4.91. The van der Waals surface area contributed by atoms with Crippen LogP contribution in [0.1, 0.15) is 25.3 Å². The molecule has 0 saturated heterocycles. The fraction of sp³-hybridized carbons (Fsp3) is 0.364. The van der Waals surface area contributed by atoms with E-state index in [1.54, 1.807) is 24.3 Å². The van der Waals surface area contributed by atoms with Gasteiger partial charge in [0.05, 0.1) is 4.90 Å². The van der Waals surface area contributed by atoms with Crippen LogP contribution in [0.4, 0.5) is 0 Å². The molecule has 0 aliphatic heterocycles. The van der Waals surface area contributed by atoms with Crippen molar-refractivity contribution in [3.63, 3.8) is 0 Å². The molecule has 3 nitrogen and oxygen atoms in total. The molecule has 0 spiro atoms. The lowest BCUT2D eigenvalue weighted by molar-refractivity contribution is 0.598. The third-order valence-electron chi connectivity index (χ3n) is 1.95. The van der Waals surface area contributed by atoms with Gasteiger partial charge in [0, 0.05) is 6.21 Å². The Balaban J connectivity index is 2.91. The monoisotopic (exact) mass is 225 g/mol. The molecule has 0 aromatic heterocycles. The van der Waals surface area contributed by atoms with Gasteiger partial charge in [-0.2, -0.15) is 12.8 Å². The summed E-state index contributed by atoms with van der Waals surface area (Å²) in [7, 11) is -3.48. The van der Waals surface area contributed by atoms with Crippen molar-refractivity contribution >= 4 is 16.2 Å². The summed E-state index contributed by atoms with van der Waals surface area (Å²) in [6, 6.07) is 6.69. The van der Waals surface area contributed by atoms with Crippen molar-refractivity contribution in [2.45, 2.75) is 31.6 Å². The molecule has 0 bridgehead atoms. The first-order chi connectivity index (χ1) is 7.06. The van der Waals surface area contributed by atoms with E-state index in [2.05, 4.69) is 4.40 Å². The van der Waals surface area contributed by atoms with Gasteiger partial charge in [-0.05, 0) is 25.5 Å². The number of sulfonamides is 1. The van der Waals surface area contributed by atoms with E-state index in [0.717, 1.165) is 12.0 Å². The Bertz CT molecular complexity index is 432. The van der Waals surface area contributed by atoms with Crippen molar-refractivity contribution in [3.05, 3.63) is 29.8 Å². The maximum atomic E-state index is 11.6. The maximum Gasteiger partial charge on any atom is 0.281 e. The smallest absolute Gasteiger partial charge is 0.199 e. The molecule has 0 atom stereocenters. The van der Waals surface area contributed by atoms with Gasteiger partial charge < -0.3 is 0 Å². The zero-order chi connectivity index (χ0) is 11.3. The second kappa shape index (κ2) is 5.07. The van der Waals surface area contributed by atoms with E-state index in [4.69, 9.17) is 0 Å². The Labute approximate surface area is 90.9 Å². The fourth-order valence-electron chi connectivity index (χ4n) is 1.05. The van der Waals surface area contributed by atoms with Gasteiger partial charge in [0.15, 0.2) is 0 Å². The van der Waals surface area contributed by atoms with E-state index < -0.39 is 10.0 Å². The van der Waals surface area contributed by atoms with Crippen LogP contribution < -0.4 is 0 Å². The topological polar surface area (TPSA) is 46.5 Å². The van der Waals surface area contributed by atoms with Gasteiger partial charge in [0.25, 0.3) is 10.0 Å². The highest BCUT2D eigenvalue weighted by Gasteiger charge is 2.09. The molecule has 82 valence electrons. The Morgan fingerprint density at radius 3 is 2.40 bits per heavy atom. The minimum atomic E-state index is -3.48. The van der Waals surface area contributed by atoms with E-state index in [0.29, 0.717) is 6.42 Å². The first kappa shape index (κ1) is 11.9. The molecule has 0 saturated carbocycles. The highest BCUT2D eigenvalue weighted by molar-refractivity contribution is 7.90. The summed E-state index contributed by atoms with van der Waals surface area (Å²) in [4.78, 5) is 0.250. The molecule has 1 aromatic carbocycles. The van der Waals surface area contributed by atoms with E-state index in [-0.39, 0.29) is 4.90 Å². The Morgan fingerprint density at radius 1 is 1.27 bits per heavy atom. The Morgan fingerprint density at radius 2 is 1.87 bits per heavy atom. The van der Waals surface area contributed by atoms with Crippen LogP contribution in [0, 0.1) is 6.92 Å². The summed E-state index contributed by atoms with van der Waals surface area (Å²) >= 11 is 0. The van der Waals surface area contributed by atoms with Crippen molar-refractivity contribution in [1.82, 2.24) is 0 Å². The van der Waals surface area contributed by atoms with Crippen molar-refractivity contribution in [1.29, 1.82) is 0 Å². The number of nitrogens with zero attached hydrogens (tertiary/aromatic N) is 1. The van der Waals surface area contributed by atoms with Gasteiger partial charge in [-0.3, -0.25) is 0 Å². The van der Waals surface area contributed by atoms with Crippen molar-refractivity contribution in [3.8, 4) is 0 Å². The summed E-state index contributed by atoms with van der Waals surface area (Å²) < 4.78 is 26.8. The number of unbranched alkanes of at least 4 members (excludes halogenated alkanes) is 1. The fourth-order valence-corrected chi connectivity index (χ4v) is 1.95. The minimum absolute atomic E-state index is 0.250. The minimum Gasteiger partial charge on any atom is -0.199 e. The third-order valence-corrected chi connectivity index (χ3v) is 3.24. The summed E-state index contributed by atoms with van der Waals surface area (Å²) in [6.07, 6.45) is 3.03. The normalized spacial score (nSPS) is 12.1. The largest absolute Gasteiger partial charge is 0.281 e. The number of aryl methyl sites for hydroxylation is 1. The molecule has 0 amide bonds. The second-order valence-corrected chi connectivity index (χ2v) is 5.00. The standard InChI is InChI=1S/C11H15NO2S/c1-3-4-9-12-15(13,14)11-7-5-10(2)6-8-11/h5-9H,3-4H2,1-2H3/b12-9+. The third kappa shape index (κ3) is 3.47. The maximum absolute atomic E-state index is 11.6. The van der Waals surface area contributed by atoms with Gasteiger partial charge >= 0.3 is 0 Å². The molecule has 0 radical (unpaired) electrons. The van der Waals surface area contributed by atoms with Crippen LogP contribution in [0.3, 0.4) is 0 Å². The SMILES string of the molecule is CCC/C=N/S(=O)(=O)c1ccc(C)cc1. The molecule has 0 unspecified atom stereocenters. The summed E-state index contributed by atoms with van der Waals surface area (Å²) in [5, 5.41) is 0. The first-order valence-corrected chi connectivity index (χ1v) is 6.36. The molecule has 0 aliphatic carbocycles. The lowest BCUT2D eigenvalue weighted by atomic mass is 10.2. The molecule has 4 heteroatoms. The van der Waals surface area contributed by atoms with Gasteiger partial charge in [0.2, 0.25) is 0 Å². The highest BCUT2D eigenvalue weighted by atomic mass is 32.2. The molecule has 0 aliphatic rings. The molecule has 0 heterocycles. The summed E-state index contributed by atoms with van der Waals surface area (Å²) in [5.41, 5.74) is 1.03. The number of rotatable bonds is 4. The van der Waals surface area contributed by atoms with Crippen molar-refractivity contribution in [2.75, 3.05) is 0 Å². The number of hydrogen-bond donors (Lipinski definition) is 0. The van der Waals surface area contributed by atoms with Crippen molar-refractivity contribution < 1.29 is 8.42 Å². The molecule has 1 aromatic rings. The average Bonchev–Trinajstić information content (AvgIpc) is 2.18. The molecular formula is C11H15NO2S. The van der Waals surface area contributed by atoms with Crippen LogP contribution >= 0.6 is 0 Å². The number of hydrogen-bond acceptors (Lipinski definition) is 2. The second-order valence-electron chi connectivity index (χ2n) is 3.36. The molecular weight excluding hydrogens is 210 g/mol. The van der Waals surface area contributed by atoms with E-state index in [9.17, 15) is 8.42 Å². The Kier molecular flexibility index (Phi) is 4.03. The molecule has 15 heavy (non-hydrogen) atoms. The predicted octanol–water partition coefficient (Wildman–Crippen LogP) is 2.55. The van der Waals surface area contributed by atoms with Crippen molar-refractivity contribution in [2.24, 2.45) is 4.40 Å². The highest BCUT2D eigenvalue weighted by Crippen LogP contribution is 2.12. The zero-order valence-electron chi connectivity index (χ0n) is 8.97. The quantitative estimate of drug-likeness (QED) is 0.739. The van der Waals surface area contributed by atoms with Crippen LogP contribution in [0.2, 0.25) is 0 Å². The van der Waals surface area contributed by atoms with Gasteiger partial charge in [-0.1, -0.05) is 31.0 Å².